The lowest BCUT2D eigenvalue weighted by Gasteiger charge is -2.31. The van der Waals surface area contributed by atoms with Gasteiger partial charge in [0.05, 0.1) is 12.0 Å². The van der Waals surface area contributed by atoms with E-state index in [-0.39, 0.29) is 12.5 Å². The minimum absolute atomic E-state index is 0.247. The number of hydrogen-bond donors (Lipinski definition) is 1. The lowest BCUT2D eigenvalue weighted by molar-refractivity contribution is 0.295. The van der Waals surface area contributed by atoms with Crippen LogP contribution in [0.25, 0.3) is 0 Å². The van der Waals surface area contributed by atoms with Gasteiger partial charge in [0.2, 0.25) is 0 Å². The fraction of sp³-hybridized carbons (Fsp3) is 0.917. The molecule has 86 valence electrons. The van der Waals surface area contributed by atoms with E-state index in [1.54, 1.807) is 0 Å². The van der Waals surface area contributed by atoms with Crippen molar-refractivity contribution in [3.63, 3.8) is 0 Å². The highest BCUT2D eigenvalue weighted by Gasteiger charge is 2.29. The Morgan fingerprint density at radius 3 is 2.87 bits per heavy atom. The van der Waals surface area contributed by atoms with Crippen molar-refractivity contribution in [2.24, 2.45) is 11.8 Å². The van der Waals surface area contributed by atoms with Gasteiger partial charge in [-0.05, 0) is 37.4 Å². The molecule has 15 heavy (non-hydrogen) atoms. The van der Waals surface area contributed by atoms with Crippen LogP contribution in [-0.4, -0.2) is 22.7 Å². The molecule has 3 atom stereocenters. The third-order valence-corrected chi connectivity index (χ3v) is 4.75. The maximum atomic E-state index is 9.06. The summed E-state index contributed by atoms with van der Waals surface area (Å²) in [6, 6.07) is 2.44. The van der Waals surface area contributed by atoms with Gasteiger partial charge >= 0.3 is 0 Å². The van der Waals surface area contributed by atoms with Crippen LogP contribution in [0.5, 0.6) is 0 Å². The number of aliphatic hydroxyl groups is 1. The Morgan fingerprint density at radius 2 is 2.27 bits per heavy atom. The predicted molar refractivity (Wildman–Crippen MR) is 64.7 cm³/mol. The highest BCUT2D eigenvalue weighted by atomic mass is 32.2. The zero-order valence-corrected chi connectivity index (χ0v) is 10.3. The summed E-state index contributed by atoms with van der Waals surface area (Å²) in [6.07, 6.45) is 5.60. The second-order valence-electron chi connectivity index (χ2n) is 4.31. The number of nitrogens with zero attached hydrogens (tertiary/aromatic N) is 1. The molecule has 0 bridgehead atoms. The van der Waals surface area contributed by atoms with E-state index in [0.29, 0.717) is 5.25 Å². The van der Waals surface area contributed by atoms with Gasteiger partial charge in [0.1, 0.15) is 0 Å². The molecule has 3 unspecified atom stereocenters. The quantitative estimate of drug-likeness (QED) is 0.734. The first-order valence-corrected chi connectivity index (χ1v) is 6.98. The molecule has 0 spiro atoms. The zero-order valence-electron chi connectivity index (χ0n) is 9.48. The van der Waals surface area contributed by atoms with Gasteiger partial charge in [-0.15, -0.1) is 0 Å². The van der Waals surface area contributed by atoms with E-state index >= 15 is 0 Å². The molecule has 0 saturated heterocycles. The molecule has 0 heterocycles. The number of thioether (sulfide) groups is 1. The molecule has 0 aromatic rings. The Morgan fingerprint density at radius 1 is 1.47 bits per heavy atom. The summed E-state index contributed by atoms with van der Waals surface area (Å²) in [4.78, 5) is 0. The zero-order chi connectivity index (χ0) is 11.1. The van der Waals surface area contributed by atoms with Crippen molar-refractivity contribution in [1.29, 1.82) is 5.26 Å². The molecule has 0 aromatic carbocycles. The molecule has 1 rings (SSSR count). The average Bonchev–Trinajstić information content (AvgIpc) is 2.29. The van der Waals surface area contributed by atoms with Crippen LogP contribution in [0, 0.1) is 23.2 Å². The summed E-state index contributed by atoms with van der Waals surface area (Å²) >= 11 is 1.89. The third-order valence-electron chi connectivity index (χ3n) is 3.28. The summed E-state index contributed by atoms with van der Waals surface area (Å²) < 4.78 is 0. The molecule has 1 aliphatic carbocycles. The Labute approximate surface area is 97.1 Å². The Hall–Kier alpha value is -0.200. The second kappa shape index (κ2) is 7.14. The van der Waals surface area contributed by atoms with Gasteiger partial charge in [0.25, 0.3) is 0 Å². The second-order valence-corrected chi connectivity index (χ2v) is 5.66. The molecule has 1 aliphatic rings. The number of aliphatic hydroxyl groups excluding tert-OH is 1. The van der Waals surface area contributed by atoms with Gasteiger partial charge in [-0.2, -0.15) is 17.0 Å². The van der Waals surface area contributed by atoms with Gasteiger partial charge in [0.15, 0.2) is 0 Å². The fourth-order valence-corrected chi connectivity index (χ4v) is 3.65. The van der Waals surface area contributed by atoms with E-state index < -0.39 is 0 Å². The van der Waals surface area contributed by atoms with Crippen molar-refractivity contribution >= 4 is 11.8 Å². The molecular weight excluding hydrogens is 206 g/mol. The van der Waals surface area contributed by atoms with E-state index in [1.165, 1.54) is 19.3 Å². The van der Waals surface area contributed by atoms with Gasteiger partial charge in [-0.25, -0.2) is 0 Å². The van der Waals surface area contributed by atoms with Crippen LogP contribution in [0.4, 0.5) is 0 Å². The minimum Gasteiger partial charge on any atom is -0.396 e. The van der Waals surface area contributed by atoms with Crippen molar-refractivity contribution in [2.75, 3.05) is 12.4 Å². The van der Waals surface area contributed by atoms with E-state index in [1.807, 2.05) is 11.8 Å². The Kier molecular flexibility index (Phi) is 6.12. The molecule has 1 N–H and O–H groups in total. The first kappa shape index (κ1) is 12.9. The maximum Gasteiger partial charge on any atom is 0.0667 e. The van der Waals surface area contributed by atoms with Crippen LogP contribution < -0.4 is 0 Å². The van der Waals surface area contributed by atoms with E-state index in [0.717, 1.165) is 24.5 Å². The third kappa shape index (κ3) is 4.04. The first-order chi connectivity index (χ1) is 7.31. The summed E-state index contributed by atoms with van der Waals surface area (Å²) in [5.74, 6) is 2.06. The van der Waals surface area contributed by atoms with Crippen LogP contribution in [0.3, 0.4) is 0 Å². The lowest BCUT2D eigenvalue weighted by atomic mass is 9.81. The number of nitriles is 1. The van der Waals surface area contributed by atoms with E-state index in [4.69, 9.17) is 10.4 Å². The predicted octanol–water partition coefficient (Wildman–Crippen LogP) is 2.82. The van der Waals surface area contributed by atoms with Crippen LogP contribution in [0.15, 0.2) is 0 Å². The smallest absolute Gasteiger partial charge is 0.0667 e. The van der Waals surface area contributed by atoms with Crippen LogP contribution in [0.1, 0.15) is 39.0 Å². The summed E-state index contributed by atoms with van der Waals surface area (Å²) in [6.45, 7) is 2.51. The summed E-state index contributed by atoms with van der Waals surface area (Å²) in [5, 5.41) is 18.3. The number of rotatable bonds is 5. The topological polar surface area (TPSA) is 44.0 Å². The normalized spacial score (nSPS) is 31.1. The molecule has 1 fully saturated rings. The highest BCUT2D eigenvalue weighted by Crippen LogP contribution is 2.37. The average molecular weight is 227 g/mol. The Balaban J connectivity index is 2.38. The summed E-state index contributed by atoms with van der Waals surface area (Å²) in [5.41, 5.74) is 0. The number of hydrogen-bond acceptors (Lipinski definition) is 3. The molecule has 0 amide bonds. The SMILES string of the molecule is CCC1CCC(C#N)C(SCCCO)C1. The van der Waals surface area contributed by atoms with Crippen molar-refractivity contribution < 1.29 is 5.11 Å². The van der Waals surface area contributed by atoms with E-state index in [2.05, 4.69) is 13.0 Å². The monoisotopic (exact) mass is 227 g/mol. The molecule has 0 aliphatic heterocycles. The van der Waals surface area contributed by atoms with Crippen LogP contribution >= 0.6 is 11.8 Å². The lowest BCUT2D eigenvalue weighted by Crippen LogP contribution is -2.26. The van der Waals surface area contributed by atoms with Gasteiger partial charge < -0.3 is 5.11 Å². The minimum atomic E-state index is 0.247. The van der Waals surface area contributed by atoms with Crippen LogP contribution in [-0.2, 0) is 0 Å². The van der Waals surface area contributed by atoms with Gasteiger partial charge in [-0.1, -0.05) is 13.3 Å². The molecule has 2 nitrogen and oxygen atoms in total. The molecular formula is C12H21NOS. The Bertz CT molecular complexity index is 214. The van der Waals surface area contributed by atoms with E-state index in [9.17, 15) is 0 Å². The maximum absolute atomic E-state index is 9.06. The molecule has 3 heteroatoms. The van der Waals surface area contributed by atoms with Crippen molar-refractivity contribution in [1.82, 2.24) is 0 Å². The highest BCUT2D eigenvalue weighted by molar-refractivity contribution is 7.99. The fourth-order valence-electron chi connectivity index (χ4n) is 2.21. The van der Waals surface area contributed by atoms with Crippen molar-refractivity contribution in [3.8, 4) is 6.07 Å². The first-order valence-electron chi connectivity index (χ1n) is 5.93. The van der Waals surface area contributed by atoms with Gasteiger partial charge in [0, 0.05) is 11.9 Å². The molecule has 0 radical (unpaired) electrons. The van der Waals surface area contributed by atoms with Crippen molar-refractivity contribution in [2.45, 2.75) is 44.3 Å². The van der Waals surface area contributed by atoms with Crippen LogP contribution in [0.2, 0.25) is 0 Å². The molecule has 0 aromatic heterocycles. The largest absolute Gasteiger partial charge is 0.396 e. The van der Waals surface area contributed by atoms with Crippen molar-refractivity contribution in [3.05, 3.63) is 0 Å². The standard InChI is InChI=1S/C12H21NOS/c1-2-10-4-5-11(9-13)12(8-10)15-7-3-6-14/h10-12,14H,2-8H2,1H3. The summed E-state index contributed by atoms with van der Waals surface area (Å²) in [7, 11) is 0. The molecule has 1 saturated carbocycles. The van der Waals surface area contributed by atoms with Gasteiger partial charge in [-0.3, -0.25) is 0 Å².